The second kappa shape index (κ2) is 6.23. The number of nitrogens with one attached hydrogen (secondary N) is 1. The van der Waals surface area contributed by atoms with Crippen molar-refractivity contribution in [2.45, 2.75) is 6.42 Å². The molecule has 0 aliphatic heterocycles. The summed E-state index contributed by atoms with van der Waals surface area (Å²) in [6, 6.07) is 12.9. The molecular weight excluding hydrogens is 306 g/mol. The first-order valence-corrected chi connectivity index (χ1v) is 7.58. The smallest absolute Gasteiger partial charge is 0.328 e. The van der Waals surface area contributed by atoms with Crippen LogP contribution in [-0.2, 0) is 25.3 Å². The van der Waals surface area contributed by atoms with Gasteiger partial charge in [-0.3, -0.25) is 13.9 Å². The van der Waals surface area contributed by atoms with E-state index in [2.05, 4.69) is 5.32 Å². The maximum absolute atomic E-state index is 12.3. The lowest BCUT2D eigenvalue weighted by Crippen LogP contribution is -2.19. The van der Waals surface area contributed by atoms with Gasteiger partial charge in [0.25, 0.3) is 0 Å². The number of hydrogen-bond acceptors (Lipinski definition) is 3. The number of carbonyl (C=O) groups excluding carboxylic acids is 1. The molecule has 3 aromatic rings. The largest absolute Gasteiger partial charge is 0.495 e. The van der Waals surface area contributed by atoms with E-state index >= 15 is 0 Å². The topological polar surface area (TPSA) is 65.3 Å². The molecule has 1 amide bonds. The lowest BCUT2D eigenvalue weighted by Gasteiger charge is -2.10. The van der Waals surface area contributed by atoms with Crippen LogP contribution in [0.5, 0.6) is 5.75 Å². The Morgan fingerprint density at radius 3 is 2.54 bits per heavy atom. The fraction of sp³-hybridized carbons (Fsp3) is 0.222. The zero-order valence-electron chi connectivity index (χ0n) is 13.9. The Hall–Kier alpha value is -3.02. The van der Waals surface area contributed by atoms with Crippen molar-refractivity contribution in [2.24, 2.45) is 14.1 Å². The van der Waals surface area contributed by atoms with Crippen LogP contribution in [0.3, 0.4) is 0 Å². The van der Waals surface area contributed by atoms with Gasteiger partial charge in [-0.1, -0.05) is 18.2 Å². The summed E-state index contributed by atoms with van der Waals surface area (Å²) in [4.78, 5) is 24.3. The van der Waals surface area contributed by atoms with E-state index in [0.29, 0.717) is 11.4 Å². The molecule has 124 valence electrons. The first kappa shape index (κ1) is 15.9. The maximum Gasteiger partial charge on any atom is 0.328 e. The lowest BCUT2D eigenvalue weighted by molar-refractivity contribution is -0.115. The highest BCUT2D eigenvalue weighted by atomic mass is 16.5. The Bertz CT molecular complexity index is 969. The summed E-state index contributed by atoms with van der Waals surface area (Å²) in [5, 5.41) is 2.85. The molecule has 0 saturated heterocycles. The molecule has 1 aromatic heterocycles. The standard InChI is InChI=1S/C18H19N3O3/c1-20-14-9-8-12(10-15(14)21(2)18(20)23)11-17(22)19-13-6-4-5-7-16(13)24-3/h4-10H,11H2,1-3H3,(H,19,22). The van der Waals surface area contributed by atoms with Crippen molar-refractivity contribution in [3.05, 3.63) is 58.5 Å². The molecule has 0 aliphatic carbocycles. The summed E-state index contributed by atoms with van der Waals surface area (Å²) >= 11 is 0. The van der Waals surface area contributed by atoms with Gasteiger partial charge < -0.3 is 10.1 Å². The zero-order valence-corrected chi connectivity index (χ0v) is 13.9. The molecule has 0 atom stereocenters. The van der Waals surface area contributed by atoms with Gasteiger partial charge in [-0.25, -0.2) is 4.79 Å². The minimum Gasteiger partial charge on any atom is -0.495 e. The fourth-order valence-electron chi connectivity index (χ4n) is 2.79. The van der Waals surface area contributed by atoms with Crippen LogP contribution < -0.4 is 15.7 Å². The Kier molecular flexibility index (Phi) is 4.12. The number of fused-ring (bicyclic) bond motifs is 1. The maximum atomic E-state index is 12.3. The van der Waals surface area contributed by atoms with Crippen LogP contribution in [0.15, 0.2) is 47.3 Å². The third-order valence-electron chi connectivity index (χ3n) is 4.08. The number of amides is 1. The Morgan fingerprint density at radius 2 is 1.79 bits per heavy atom. The van der Waals surface area contributed by atoms with Gasteiger partial charge in [0.05, 0.1) is 30.3 Å². The highest BCUT2D eigenvalue weighted by Gasteiger charge is 2.11. The van der Waals surface area contributed by atoms with Gasteiger partial charge in [-0.2, -0.15) is 0 Å². The van der Waals surface area contributed by atoms with Crippen LogP contribution in [0.2, 0.25) is 0 Å². The van der Waals surface area contributed by atoms with Crippen molar-refractivity contribution in [3.8, 4) is 5.75 Å². The monoisotopic (exact) mass is 325 g/mol. The number of hydrogen-bond donors (Lipinski definition) is 1. The molecule has 1 N–H and O–H groups in total. The third-order valence-corrected chi connectivity index (χ3v) is 4.08. The number of carbonyl (C=O) groups is 1. The van der Waals surface area contributed by atoms with Crippen LogP contribution in [0.4, 0.5) is 5.69 Å². The van der Waals surface area contributed by atoms with E-state index < -0.39 is 0 Å². The number of nitrogens with zero attached hydrogens (tertiary/aromatic N) is 2. The predicted molar refractivity (Wildman–Crippen MR) is 93.5 cm³/mol. The van der Waals surface area contributed by atoms with Gasteiger partial charge >= 0.3 is 5.69 Å². The van der Waals surface area contributed by atoms with Crippen molar-refractivity contribution in [1.29, 1.82) is 0 Å². The molecule has 6 heteroatoms. The number of para-hydroxylation sites is 2. The molecule has 0 aliphatic rings. The molecule has 24 heavy (non-hydrogen) atoms. The summed E-state index contributed by atoms with van der Waals surface area (Å²) in [6.45, 7) is 0. The quantitative estimate of drug-likeness (QED) is 0.798. The number of aryl methyl sites for hydroxylation is 2. The van der Waals surface area contributed by atoms with Gasteiger partial charge in [0.15, 0.2) is 0 Å². The van der Waals surface area contributed by atoms with Crippen molar-refractivity contribution in [3.63, 3.8) is 0 Å². The minimum atomic E-state index is -0.139. The molecule has 1 heterocycles. The molecule has 0 bridgehead atoms. The summed E-state index contributed by atoms with van der Waals surface area (Å²) in [5.74, 6) is 0.478. The second-order valence-corrected chi connectivity index (χ2v) is 5.65. The number of aromatic nitrogens is 2. The zero-order chi connectivity index (χ0) is 17.3. The van der Waals surface area contributed by atoms with Crippen LogP contribution in [0.1, 0.15) is 5.56 Å². The number of imidazole rings is 1. The van der Waals surface area contributed by atoms with E-state index in [1.807, 2.05) is 30.3 Å². The number of benzene rings is 2. The molecule has 2 aromatic carbocycles. The molecule has 6 nitrogen and oxygen atoms in total. The summed E-state index contributed by atoms with van der Waals surface area (Å²) in [7, 11) is 5.02. The van der Waals surface area contributed by atoms with Crippen LogP contribution >= 0.6 is 0 Å². The summed E-state index contributed by atoms with van der Waals surface area (Å²) in [5.41, 5.74) is 3.05. The fourth-order valence-corrected chi connectivity index (χ4v) is 2.79. The van der Waals surface area contributed by atoms with Crippen molar-refractivity contribution in [1.82, 2.24) is 9.13 Å². The number of ether oxygens (including phenoxy) is 1. The number of anilines is 1. The predicted octanol–water partition coefficient (Wildman–Crippen LogP) is 2.07. The van der Waals surface area contributed by atoms with Gasteiger partial charge in [-0.05, 0) is 29.8 Å². The van der Waals surface area contributed by atoms with Crippen molar-refractivity contribution in [2.75, 3.05) is 12.4 Å². The molecule has 0 unspecified atom stereocenters. The summed E-state index contributed by atoms with van der Waals surface area (Å²) < 4.78 is 8.40. The van der Waals surface area contributed by atoms with E-state index in [9.17, 15) is 9.59 Å². The van der Waals surface area contributed by atoms with E-state index in [0.717, 1.165) is 16.6 Å². The number of rotatable bonds is 4. The minimum absolute atomic E-state index is 0.0828. The van der Waals surface area contributed by atoms with Crippen molar-refractivity contribution >= 4 is 22.6 Å². The van der Waals surface area contributed by atoms with Crippen molar-refractivity contribution < 1.29 is 9.53 Å². The van der Waals surface area contributed by atoms with Gasteiger partial charge in [0, 0.05) is 14.1 Å². The van der Waals surface area contributed by atoms with E-state index in [4.69, 9.17) is 4.74 Å². The van der Waals surface area contributed by atoms with Crippen LogP contribution in [0, 0.1) is 0 Å². The molecule has 0 radical (unpaired) electrons. The van der Waals surface area contributed by atoms with Gasteiger partial charge in [0.2, 0.25) is 5.91 Å². The van der Waals surface area contributed by atoms with Gasteiger partial charge in [0.1, 0.15) is 5.75 Å². The van der Waals surface area contributed by atoms with E-state index in [-0.39, 0.29) is 18.0 Å². The Labute approximate surface area is 139 Å². The summed E-state index contributed by atoms with van der Waals surface area (Å²) in [6.07, 6.45) is 0.219. The van der Waals surface area contributed by atoms with Crippen LogP contribution in [-0.4, -0.2) is 22.2 Å². The SMILES string of the molecule is COc1ccccc1NC(=O)Cc1ccc2c(c1)n(C)c(=O)n2C. The average molecular weight is 325 g/mol. The molecule has 0 saturated carbocycles. The molecule has 0 spiro atoms. The molecule has 3 rings (SSSR count). The molecule has 0 fully saturated rings. The first-order chi connectivity index (χ1) is 11.5. The lowest BCUT2D eigenvalue weighted by atomic mass is 10.1. The third kappa shape index (κ3) is 2.78. The van der Waals surface area contributed by atoms with Crippen LogP contribution in [0.25, 0.3) is 11.0 Å². The van der Waals surface area contributed by atoms with E-state index in [1.165, 1.54) is 0 Å². The Morgan fingerprint density at radius 1 is 1.08 bits per heavy atom. The Balaban J connectivity index is 1.83. The normalized spacial score (nSPS) is 10.8. The number of methoxy groups -OCH3 is 1. The second-order valence-electron chi connectivity index (χ2n) is 5.65. The van der Waals surface area contributed by atoms with Gasteiger partial charge in [-0.15, -0.1) is 0 Å². The first-order valence-electron chi connectivity index (χ1n) is 7.58. The highest BCUT2D eigenvalue weighted by Crippen LogP contribution is 2.23. The van der Waals surface area contributed by atoms with E-state index in [1.54, 1.807) is 42.5 Å². The highest BCUT2D eigenvalue weighted by molar-refractivity contribution is 5.94. The average Bonchev–Trinajstić information content (AvgIpc) is 2.79. The molecular formula is C18H19N3O3.